The van der Waals surface area contributed by atoms with Crippen LogP contribution in [0.1, 0.15) is 206 Å². The van der Waals surface area contributed by atoms with Crippen molar-refractivity contribution in [1.29, 1.82) is 0 Å². The number of hydrogen-bond acceptors (Lipinski definition) is 5. The molecule has 0 radical (unpaired) electrons. The van der Waals surface area contributed by atoms with Crippen LogP contribution in [0.2, 0.25) is 0 Å². The summed E-state index contributed by atoms with van der Waals surface area (Å²) in [5, 5.41) is 13.8. The molecule has 0 aromatic carbocycles. The lowest BCUT2D eigenvalue weighted by Crippen LogP contribution is -2.46. The van der Waals surface area contributed by atoms with Gasteiger partial charge in [-0.3, -0.25) is 13.8 Å². The second-order valence-corrected chi connectivity index (χ2v) is 17.5. The number of quaternary nitrogens is 1. The summed E-state index contributed by atoms with van der Waals surface area (Å²) in [6, 6.07) is -0.750. The van der Waals surface area contributed by atoms with Gasteiger partial charge in [-0.1, -0.05) is 187 Å². The van der Waals surface area contributed by atoms with Crippen molar-refractivity contribution in [2.45, 2.75) is 219 Å². The molecule has 3 unspecified atom stereocenters. The quantitative estimate of drug-likeness (QED) is 0.0330. The molecule has 0 aliphatic heterocycles. The van der Waals surface area contributed by atoms with Crippen LogP contribution in [-0.4, -0.2) is 73.4 Å². The minimum absolute atomic E-state index is 0.0777. The van der Waals surface area contributed by atoms with Gasteiger partial charge in [0, 0.05) is 6.42 Å². The number of nitrogens with zero attached hydrogens (tertiary/aromatic N) is 1. The predicted molar refractivity (Wildman–Crippen MR) is 212 cm³/mol. The Morgan fingerprint density at radius 1 is 0.600 bits per heavy atom. The minimum atomic E-state index is -4.29. The van der Waals surface area contributed by atoms with E-state index in [1.807, 2.05) is 21.1 Å². The SMILES string of the molecule is CCCCCCCCCCCCCCCCCCCCCCCC(=O)NC(COP(=O)(O)OCC[N+](C)(C)C)C(O)CCCCCCCCC. The lowest BCUT2D eigenvalue weighted by Gasteiger charge is -2.26. The molecule has 300 valence electrons. The van der Waals surface area contributed by atoms with Gasteiger partial charge in [-0.25, -0.2) is 4.57 Å². The average molecular weight is 734 g/mol. The molecular weight excluding hydrogens is 647 g/mol. The number of unbranched alkanes of at least 4 members (excludes halogenated alkanes) is 26. The first-order chi connectivity index (χ1) is 24.0. The van der Waals surface area contributed by atoms with E-state index in [2.05, 4.69) is 19.2 Å². The third-order valence-corrected chi connectivity index (χ3v) is 10.8. The standard InChI is InChI=1S/C41H85N2O6P/c1-6-8-10-12-14-15-16-17-18-19-20-21-22-23-24-25-26-27-29-31-33-35-41(45)42-39(40(44)34-32-30-28-13-11-9-7-2)38-49-50(46,47)48-37-36-43(3,4)5/h39-40,44H,6-38H2,1-5H3,(H-,42,45,46,47)/p+1. The van der Waals surface area contributed by atoms with Crippen molar-refractivity contribution in [2.75, 3.05) is 40.9 Å². The first-order valence-corrected chi connectivity index (χ1v) is 22.9. The van der Waals surface area contributed by atoms with Gasteiger partial charge >= 0.3 is 7.82 Å². The highest BCUT2D eigenvalue weighted by molar-refractivity contribution is 7.47. The third-order valence-electron chi connectivity index (χ3n) is 9.86. The Morgan fingerprint density at radius 3 is 1.34 bits per heavy atom. The van der Waals surface area contributed by atoms with Crippen molar-refractivity contribution in [3.05, 3.63) is 0 Å². The fourth-order valence-corrected chi connectivity index (χ4v) is 7.13. The molecule has 0 spiro atoms. The zero-order chi connectivity index (χ0) is 37.2. The second-order valence-electron chi connectivity index (χ2n) is 16.1. The Bertz CT molecular complexity index is 794. The van der Waals surface area contributed by atoms with Crippen LogP contribution in [0.25, 0.3) is 0 Å². The molecule has 0 saturated carbocycles. The van der Waals surface area contributed by atoms with Crippen LogP contribution in [0, 0.1) is 0 Å². The number of hydrogen-bond donors (Lipinski definition) is 3. The topological polar surface area (TPSA) is 105 Å². The third kappa shape index (κ3) is 35.9. The number of aliphatic hydroxyl groups excluding tert-OH is 1. The van der Waals surface area contributed by atoms with E-state index >= 15 is 0 Å². The van der Waals surface area contributed by atoms with Crippen molar-refractivity contribution in [3.8, 4) is 0 Å². The zero-order valence-corrected chi connectivity index (χ0v) is 34.8. The van der Waals surface area contributed by atoms with E-state index in [0.717, 1.165) is 38.5 Å². The van der Waals surface area contributed by atoms with Gasteiger partial charge in [0.25, 0.3) is 0 Å². The number of carbonyl (C=O) groups is 1. The number of nitrogens with one attached hydrogen (secondary N) is 1. The maximum Gasteiger partial charge on any atom is 0.472 e. The van der Waals surface area contributed by atoms with Crippen molar-refractivity contribution in [2.24, 2.45) is 0 Å². The first kappa shape index (κ1) is 49.5. The molecule has 0 aliphatic rings. The van der Waals surface area contributed by atoms with Crippen molar-refractivity contribution in [3.63, 3.8) is 0 Å². The Balaban J connectivity index is 4.11. The van der Waals surface area contributed by atoms with Crippen LogP contribution in [0.3, 0.4) is 0 Å². The largest absolute Gasteiger partial charge is 0.472 e. The van der Waals surface area contributed by atoms with Crippen molar-refractivity contribution in [1.82, 2.24) is 5.32 Å². The molecule has 0 fully saturated rings. The molecule has 0 aromatic heterocycles. The molecule has 0 heterocycles. The number of phosphoric acid groups is 1. The highest BCUT2D eigenvalue weighted by Gasteiger charge is 2.28. The Kier molecular flexibility index (Phi) is 33.9. The molecule has 3 N–H and O–H groups in total. The summed E-state index contributed by atoms with van der Waals surface area (Å²) in [7, 11) is 1.62. The van der Waals surface area contributed by atoms with E-state index in [4.69, 9.17) is 9.05 Å². The van der Waals surface area contributed by atoms with E-state index in [-0.39, 0.29) is 19.1 Å². The number of carbonyl (C=O) groups excluding carboxylic acids is 1. The van der Waals surface area contributed by atoms with Crippen LogP contribution >= 0.6 is 7.82 Å². The summed E-state index contributed by atoms with van der Waals surface area (Å²) < 4.78 is 23.5. The smallest absolute Gasteiger partial charge is 0.391 e. The summed E-state index contributed by atoms with van der Waals surface area (Å²) in [5.74, 6) is -0.145. The van der Waals surface area contributed by atoms with Crippen LogP contribution in [0.4, 0.5) is 0 Å². The highest BCUT2D eigenvalue weighted by atomic mass is 31.2. The van der Waals surface area contributed by atoms with Gasteiger partial charge in [0.2, 0.25) is 5.91 Å². The normalized spacial score (nSPS) is 14.5. The molecule has 3 atom stereocenters. The van der Waals surface area contributed by atoms with E-state index in [9.17, 15) is 19.4 Å². The van der Waals surface area contributed by atoms with Crippen molar-refractivity contribution >= 4 is 13.7 Å². The van der Waals surface area contributed by atoms with E-state index in [0.29, 0.717) is 23.9 Å². The number of rotatable bonds is 39. The van der Waals surface area contributed by atoms with Crippen LogP contribution in [0.5, 0.6) is 0 Å². The van der Waals surface area contributed by atoms with Gasteiger partial charge < -0.3 is 19.8 Å². The molecule has 0 aliphatic carbocycles. The second kappa shape index (κ2) is 34.3. The molecular formula is C41H86N2O6P+. The van der Waals surface area contributed by atoms with Gasteiger partial charge in [-0.2, -0.15) is 0 Å². The number of aliphatic hydroxyl groups is 1. The van der Waals surface area contributed by atoms with E-state index < -0.39 is 20.0 Å². The Morgan fingerprint density at radius 2 is 0.960 bits per heavy atom. The van der Waals surface area contributed by atoms with Gasteiger partial charge in [0.05, 0.1) is 39.9 Å². The molecule has 9 heteroatoms. The lowest BCUT2D eigenvalue weighted by atomic mass is 10.0. The average Bonchev–Trinajstić information content (AvgIpc) is 3.06. The molecule has 0 aromatic rings. The summed E-state index contributed by atoms with van der Waals surface area (Å²) in [5.41, 5.74) is 0. The van der Waals surface area contributed by atoms with Gasteiger partial charge in [0.15, 0.2) is 0 Å². The maximum atomic E-state index is 12.8. The maximum absolute atomic E-state index is 12.8. The number of amides is 1. The molecule has 1 amide bonds. The van der Waals surface area contributed by atoms with Crippen LogP contribution in [-0.2, 0) is 18.4 Å². The van der Waals surface area contributed by atoms with Crippen molar-refractivity contribution < 1.29 is 32.9 Å². The molecule has 50 heavy (non-hydrogen) atoms. The Labute approximate surface area is 310 Å². The van der Waals surface area contributed by atoms with Crippen LogP contribution < -0.4 is 5.32 Å². The van der Waals surface area contributed by atoms with Crippen LogP contribution in [0.15, 0.2) is 0 Å². The summed E-state index contributed by atoms with van der Waals surface area (Å²) in [6.07, 6.45) is 35.8. The van der Waals surface area contributed by atoms with Gasteiger partial charge in [-0.15, -0.1) is 0 Å². The monoisotopic (exact) mass is 734 g/mol. The van der Waals surface area contributed by atoms with E-state index in [1.165, 1.54) is 141 Å². The zero-order valence-electron chi connectivity index (χ0n) is 33.9. The number of phosphoric ester groups is 1. The summed E-state index contributed by atoms with van der Waals surface area (Å²) in [4.78, 5) is 23.0. The fraction of sp³-hybridized carbons (Fsp3) is 0.976. The fourth-order valence-electron chi connectivity index (χ4n) is 6.40. The highest BCUT2D eigenvalue weighted by Crippen LogP contribution is 2.43. The number of likely N-dealkylation sites (N-methyl/N-ethyl adjacent to an activating group) is 1. The molecule has 0 bridgehead atoms. The summed E-state index contributed by atoms with van der Waals surface area (Å²) >= 11 is 0. The predicted octanol–water partition coefficient (Wildman–Crippen LogP) is 11.4. The molecule has 0 saturated heterocycles. The molecule has 8 nitrogen and oxygen atoms in total. The minimum Gasteiger partial charge on any atom is -0.391 e. The van der Waals surface area contributed by atoms with E-state index in [1.54, 1.807) is 0 Å². The first-order valence-electron chi connectivity index (χ1n) is 21.4. The lowest BCUT2D eigenvalue weighted by molar-refractivity contribution is -0.870. The molecule has 0 rings (SSSR count). The van der Waals surface area contributed by atoms with Gasteiger partial charge in [-0.05, 0) is 12.8 Å². The summed E-state index contributed by atoms with van der Waals surface area (Å²) in [6.45, 7) is 4.85. The van der Waals surface area contributed by atoms with Gasteiger partial charge in [0.1, 0.15) is 13.2 Å². The Hall–Kier alpha value is -0.500.